The molecule has 0 unspecified atom stereocenters. The number of methoxy groups -OCH3 is 1. The van der Waals surface area contributed by atoms with E-state index in [4.69, 9.17) is 4.74 Å². The van der Waals surface area contributed by atoms with E-state index in [0.29, 0.717) is 17.1 Å². The Labute approximate surface area is 154 Å². The fraction of sp³-hybridized carbons (Fsp3) is 0.286. The molecule has 0 atom stereocenters. The van der Waals surface area contributed by atoms with Crippen LogP contribution < -0.4 is 0 Å². The fourth-order valence-corrected chi connectivity index (χ4v) is 4.55. The summed E-state index contributed by atoms with van der Waals surface area (Å²) in [5.41, 5.74) is 4.08. The lowest BCUT2D eigenvalue weighted by atomic mass is 9.97. The molecule has 0 N–H and O–H groups in total. The number of hydrogen-bond donors (Lipinski definition) is 0. The molecule has 0 radical (unpaired) electrons. The van der Waals surface area contributed by atoms with Gasteiger partial charge >= 0.3 is 5.97 Å². The molecule has 0 aliphatic carbocycles. The largest absolute Gasteiger partial charge is 0.466 e. The van der Waals surface area contributed by atoms with Gasteiger partial charge in [-0.15, -0.1) is 0 Å². The Morgan fingerprint density at radius 2 is 1.69 bits per heavy atom. The molecule has 0 amide bonds. The van der Waals surface area contributed by atoms with Crippen molar-refractivity contribution in [3.8, 4) is 11.1 Å². The maximum absolute atomic E-state index is 12.5. The molecule has 26 heavy (non-hydrogen) atoms. The fourth-order valence-electron chi connectivity index (χ4n) is 3.09. The number of fused-ring (bicyclic) bond motifs is 1. The van der Waals surface area contributed by atoms with Crippen LogP contribution in [-0.2, 0) is 19.4 Å². The van der Waals surface area contributed by atoms with Gasteiger partial charge in [-0.1, -0.05) is 44.2 Å². The van der Waals surface area contributed by atoms with Gasteiger partial charge in [0.05, 0.1) is 17.8 Å². The molecule has 0 bridgehead atoms. The normalized spacial score (nSPS) is 15.8. The van der Waals surface area contributed by atoms with Gasteiger partial charge in [0.25, 0.3) is 0 Å². The maximum Gasteiger partial charge on any atom is 0.333 e. The van der Waals surface area contributed by atoms with Crippen molar-refractivity contribution in [3.63, 3.8) is 0 Å². The number of carbonyl (C=O) groups excluding carboxylic acids is 1. The Balaban J connectivity index is 2.09. The van der Waals surface area contributed by atoms with Crippen LogP contribution in [0.15, 0.2) is 52.9 Å². The molecule has 0 saturated heterocycles. The quantitative estimate of drug-likeness (QED) is 0.760. The maximum atomic E-state index is 12.5. The minimum absolute atomic E-state index is 0.0939. The predicted molar refractivity (Wildman–Crippen MR) is 103 cm³/mol. The van der Waals surface area contributed by atoms with Gasteiger partial charge in [0.1, 0.15) is 0 Å². The molecule has 0 spiro atoms. The molecule has 0 aromatic heterocycles. The van der Waals surface area contributed by atoms with E-state index in [-0.39, 0.29) is 17.1 Å². The molecule has 5 heteroatoms. The van der Waals surface area contributed by atoms with E-state index in [9.17, 15) is 13.2 Å². The third kappa shape index (κ3) is 3.58. The highest BCUT2D eigenvalue weighted by Gasteiger charge is 2.25. The summed E-state index contributed by atoms with van der Waals surface area (Å²) < 4.78 is 29.8. The number of carbonyl (C=O) groups is 1. The summed E-state index contributed by atoms with van der Waals surface area (Å²) in [6.45, 7) is 4.28. The highest BCUT2D eigenvalue weighted by atomic mass is 32.2. The van der Waals surface area contributed by atoms with E-state index in [2.05, 4.69) is 26.0 Å². The van der Waals surface area contributed by atoms with Crippen molar-refractivity contribution in [2.24, 2.45) is 0 Å². The summed E-state index contributed by atoms with van der Waals surface area (Å²) in [7, 11) is -2.13. The van der Waals surface area contributed by atoms with Crippen molar-refractivity contribution in [2.45, 2.75) is 31.1 Å². The minimum Gasteiger partial charge on any atom is -0.466 e. The summed E-state index contributed by atoms with van der Waals surface area (Å²) in [5, 5.41) is 0. The van der Waals surface area contributed by atoms with Crippen molar-refractivity contribution in [3.05, 3.63) is 59.2 Å². The van der Waals surface area contributed by atoms with Crippen LogP contribution in [0.1, 0.15) is 37.3 Å². The number of benzene rings is 2. The second-order valence-corrected chi connectivity index (χ2v) is 8.84. The first-order chi connectivity index (χ1) is 12.3. The summed E-state index contributed by atoms with van der Waals surface area (Å²) >= 11 is 0. The van der Waals surface area contributed by atoms with Crippen molar-refractivity contribution in [2.75, 3.05) is 12.9 Å². The van der Waals surface area contributed by atoms with Gasteiger partial charge in [0, 0.05) is 5.57 Å². The van der Waals surface area contributed by atoms with Gasteiger partial charge in [-0.2, -0.15) is 0 Å². The van der Waals surface area contributed by atoms with Crippen LogP contribution in [0, 0.1) is 0 Å². The Morgan fingerprint density at radius 1 is 1.04 bits per heavy atom. The first kappa shape index (κ1) is 18.4. The van der Waals surface area contributed by atoms with Gasteiger partial charge < -0.3 is 4.74 Å². The summed E-state index contributed by atoms with van der Waals surface area (Å²) in [5.74, 6) is -0.130. The number of hydrogen-bond acceptors (Lipinski definition) is 4. The van der Waals surface area contributed by atoms with Gasteiger partial charge in [0.15, 0.2) is 9.84 Å². The van der Waals surface area contributed by atoms with Crippen LogP contribution in [0.4, 0.5) is 0 Å². The van der Waals surface area contributed by atoms with Crippen molar-refractivity contribution < 1.29 is 17.9 Å². The molecule has 0 fully saturated rings. The first-order valence-electron chi connectivity index (χ1n) is 8.58. The molecule has 1 aliphatic rings. The topological polar surface area (TPSA) is 60.4 Å². The molecular weight excluding hydrogens is 348 g/mol. The highest BCUT2D eigenvalue weighted by Crippen LogP contribution is 2.31. The van der Waals surface area contributed by atoms with E-state index in [1.165, 1.54) is 12.7 Å². The van der Waals surface area contributed by atoms with Crippen LogP contribution in [0.5, 0.6) is 0 Å². The summed E-state index contributed by atoms with van der Waals surface area (Å²) in [6.07, 6.45) is 1.79. The molecule has 136 valence electrons. The number of rotatable bonds is 3. The molecule has 2 aromatic rings. The van der Waals surface area contributed by atoms with Crippen molar-refractivity contribution >= 4 is 21.9 Å². The van der Waals surface area contributed by atoms with Crippen LogP contribution in [0.2, 0.25) is 0 Å². The van der Waals surface area contributed by atoms with E-state index >= 15 is 0 Å². The van der Waals surface area contributed by atoms with Gasteiger partial charge in [-0.05, 0) is 52.8 Å². The minimum atomic E-state index is -3.43. The molecule has 0 saturated carbocycles. The Kier molecular flexibility index (Phi) is 5.01. The molecule has 3 rings (SSSR count). The van der Waals surface area contributed by atoms with E-state index in [1.807, 2.05) is 24.3 Å². The van der Waals surface area contributed by atoms with Crippen molar-refractivity contribution in [1.82, 2.24) is 0 Å². The number of sulfone groups is 1. The van der Waals surface area contributed by atoms with Gasteiger partial charge in [-0.25, -0.2) is 13.2 Å². The van der Waals surface area contributed by atoms with Crippen LogP contribution in [-0.4, -0.2) is 27.2 Å². The second kappa shape index (κ2) is 7.08. The van der Waals surface area contributed by atoms with Gasteiger partial charge in [-0.3, -0.25) is 0 Å². The lowest BCUT2D eigenvalue weighted by molar-refractivity contribution is -0.136. The Morgan fingerprint density at radius 3 is 2.31 bits per heavy atom. The first-order valence-corrected chi connectivity index (χ1v) is 10.2. The van der Waals surface area contributed by atoms with Crippen molar-refractivity contribution in [1.29, 1.82) is 0 Å². The second-order valence-electron chi connectivity index (χ2n) is 6.76. The predicted octanol–water partition coefficient (Wildman–Crippen LogP) is 4.21. The molecule has 1 heterocycles. The SMILES string of the molecule is COC(=O)C1=Cc2cc(-c3ccc(C(C)C)cc3)ccc2S(=O)(=O)CC1. The van der Waals surface area contributed by atoms with Crippen LogP contribution in [0.25, 0.3) is 17.2 Å². The van der Waals surface area contributed by atoms with E-state index in [0.717, 1.165) is 11.1 Å². The highest BCUT2D eigenvalue weighted by molar-refractivity contribution is 7.91. The Hall–Kier alpha value is -2.40. The summed E-state index contributed by atoms with van der Waals surface area (Å²) in [4.78, 5) is 12.2. The number of esters is 1. The van der Waals surface area contributed by atoms with Gasteiger partial charge in [0.2, 0.25) is 0 Å². The molecule has 1 aliphatic heterocycles. The smallest absolute Gasteiger partial charge is 0.333 e. The van der Waals surface area contributed by atoms with E-state index < -0.39 is 15.8 Å². The third-order valence-electron chi connectivity index (χ3n) is 4.67. The molecule has 4 nitrogen and oxygen atoms in total. The molecule has 2 aromatic carbocycles. The average Bonchev–Trinajstić information content (AvgIpc) is 2.77. The zero-order chi connectivity index (χ0) is 18.9. The zero-order valence-electron chi connectivity index (χ0n) is 15.2. The lowest BCUT2D eigenvalue weighted by Gasteiger charge is -2.10. The van der Waals surface area contributed by atoms with Crippen LogP contribution in [0.3, 0.4) is 0 Å². The summed E-state index contributed by atoms with van der Waals surface area (Å²) in [6, 6.07) is 13.5. The number of ether oxygens (including phenoxy) is 1. The molecular formula is C21H22O4S. The monoisotopic (exact) mass is 370 g/mol. The van der Waals surface area contributed by atoms with Crippen LogP contribution >= 0.6 is 0 Å². The lowest BCUT2D eigenvalue weighted by Crippen LogP contribution is -2.09. The standard InChI is InChI=1S/C21H22O4S/c1-14(2)15-4-6-16(7-5-15)17-8-9-20-19(12-17)13-18(21(22)25-3)10-11-26(20,23)24/h4-9,12-14H,10-11H2,1-3H3. The third-order valence-corrected chi connectivity index (χ3v) is 6.46. The average molecular weight is 370 g/mol. The Bertz CT molecular complexity index is 968. The zero-order valence-corrected chi connectivity index (χ0v) is 16.0. The van der Waals surface area contributed by atoms with E-state index in [1.54, 1.807) is 12.1 Å².